The Bertz CT molecular complexity index is 554. The molecule has 4 aliphatic rings. The lowest BCUT2D eigenvalue weighted by Crippen LogP contribution is -2.53. The number of hydrogen-bond acceptors (Lipinski definition) is 3. The fourth-order valence-corrected chi connectivity index (χ4v) is 6.12. The van der Waals surface area contributed by atoms with Gasteiger partial charge in [-0.3, -0.25) is 4.79 Å². The number of ether oxygens (including phenoxy) is 2. The van der Waals surface area contributed by atoms with Gasteiger partial charge in [0.25, 0.3) is 0 Å². The molecule has 0 bridgehead atoms. The Labute approximate surface area is 138 Å². The SMILES string of the molecule is CC1(C(=O)O)CCCC2(C)C3=C(CCC12)C1OCCOC1CC3. The largest absolute Gasteiger partial charge is 0.481 e. The van der Waals surface area contributed by atoms with E-state index in [1.807, 2.05) is 6.92 Å². The van der Waals surface area contributed by atoms with Crippen molar-refractivity contribution in [2.45, 2.75) is 71.0 Å². The Morgan fingerprint density at radius 3 is 2.70 bits per heavy atom. The molecule has 0 radical (unpaired) electrons. The molecule has 4 nitrogen and oxygen atoms in total. The van der Waals surface area contributed by atoms with E-state index in [2.05, 4.69) is 6.92 Å². The summed E-state index contributed by atoms with van der Waals surface area (Å²) < 4.78 is 12.0. The van der Waals surface area contributed by atoms with Crippen LogP contribution in [0.5, 0.6) is 0 Å². The summed E-state index contributed by atoms with van der Waals surface area (Å²) in [6.07, 6.45) is 7.35. The standard InChI is InChI=1S/C19H28O4/c1-18-8-3-9-19(2,17(20)21)15(18)7-4-12-13(18)5-6-14-16(12)23-11-10-22-14/h14-16H,3-11H2,1-2H3,(H,20,21). The summed E-state index contributed by atoms with van der Waals surface area (Å²) in [7, 11) is 0. The van der Waals surface area contributed by atoms with Crippen LogP contribution in [0.3, 0.4) is 0 Å². The van der Waals surface area contributed by atoms with Crippen molar-refractivity contribution in [1.29, 1.82) is 0 Å². The van der Waals surface area contributed by atoms with Crippen LogP contribution in [0.2, 0.25) is 0 Å². The van der Waals surface area contributed by atoms with Crippen LogP contribution in [0.1, 0.15) is 58.8 Å². The van der Waals surface area contributed by atoms with Crippen LogP contribution in [0, 0.1) is 16.7 Å². The first-order valence-corrected chi connectivity index (χ1v) is 9.16. The Kier molecular flexibility index (Phi) is 3.62. The average Bonchev–Trinajstić information content (AvgIpc) is 2.54. The third kappa shape index (κ3) is 2.14. The average molecular weight is 320 g/mol. The smallest absolute Gasteiger partial charge is 0.309 e. The summed E-state index contributed by atoms with van der Waals surface area (Å²) in [5.74, 6) is -0.357. The van der Waals surface area contributed by atoms with Crippen molar-refractivity contribution in [3.63, 3.8) is 0 Å². The van der Waals surface area contributed by atoms with Gasteiger partial charge in [-0.05, 0) is 62.4 Å². The van der Waals surface area contributed by atoms with E-state index in [0.717, 1.165) is 44.9 Å². The number of carbonyl (C=O) groups is 1. The van der Waals surface area contributed by atoms with Gasteiger partial charge >= 0.3 is 5.97 Å². The highest BCUT2D eigenvalue weighted by Crippen LogP contribution is 2.62. The molecule has 1 aliphatic heterocycles. The first-order chi connectivity index (χ1) is 11.0. The number of rotatable bonds is 1. The monoisotopic (exact) mass is 320 g/mol. The van der Waals surface area contributed by atoms with Gasteiger partial charge in [-0.1, -0.05) is 18.9 Å². The molecule has 23 heavy (non-hydrogen) atoms. The molecule has 2 fully saturated rings. The van der Waals surface area contributed by atoms with E-state index in [0.29, 0.717) is 13.2 Å². The summed E-state index contributed by atoms with van der Waals surface area (Å²) in [6.45, 7) is 5.71. The first-order valence-electron chi connectivity index (χ1n) is 9.16. The van der Waals surface area contributed by atoms with E-state index in [1.165, 1.54) is 11.1 Å². The zero-order valence-electron chi connectivity index (χ0n) is 14.3. The van der Waals surface area contributed by atoms with Crippen molar-refractivity contribution in [2.75, 3.05) is 13.2 Å². The molecule has 0 amide bonds. The topological polar surface area (TPSA) is 55.8 Å². The van der Waals surface area contributed by atoms with Gasteiger partial charge in [0.1, 0.15) is 6.10 Å². The molecule has 4 heteroatoms. The predicted molar refractivity (Wildman–Crippen MR) is 86.2 cm³/mol. The zero-order valence-corrected chi connectivity index (χ0v) is 14.3. The molecule has 1 saturated carbocycles. The van der Waals surface area contributed by atoms with E-state index >= 15 is 0 Å². The van der Waals surface area contributed by atoms with Crippen molar-refractivity contribution in [3.05, 3.63) is 11.1 Å². The summed E-state index contributed by atoms with van der Waals surface area (Å²) in [4.78, 5) is 12.0. The van der Waals surface area contributed by atoms with Gasteiger partial charge in [-0.15, -0.1) is 0 Å². The van der Waals surface area contributed by atoms with E-state index in [-0.39, 0.29) is 23.5 Å². The lowest BCUT2D eigenvalue weighted by molar-refractivity contribution is -0.161. The summed E-state index contributed by atoms with van der Waals surface area (Å²) in [6, 6.07) is 0. The fraction of sp³-hybridized carbons (Fsp3) is 0.842. The number of carboxylic acid groups (broad SMARTS) is 1. The summed E-state index contributed by atoms with van der Waals surface area (Å²) >= 11 is 0. The minimum absolute atomic E-state index is 0.0325. The molecule has 5 atom stereocenters. The van der Waals surface area contributed by atoms with Gasteiger partial charge in [-0.2, -0.15) is 0 Å². The Hall–Kier alpha value is -0.870. The lowest BCUT2D eigenvalue weighted by atomic mass is 9.48. The highest BCUT2D eigenvalue weighted by molar-refractivity contribution is 5.75. The van der Waals surface area contributed by atoms with Crippen molar-refractivity contribution >= 4 is 5.97 Å². The van der Waals surface area contributed by atoms with Crippen molar-refractivity contribution in [2.24, 2.45) is 16.7 Å². The molecule has 1 saturated heterocycles. The molecule has 128 valence electrons. The molecular formula is C19H28O4. The predicted octanol–water partition coefficient (Wildman–Crippen LogP) is 3.55. The molecule has 0 aromatic rings. The highest BCUT2D eigenvalue weighted by atomic mass is 16.6. The van der Waals surface area contributed by atoms with E-state index in [9.17, 15) is 9.90 Å². The third-order valence-electron chi connectivity index (χ3n) is 7.27. The van der Waals surface area contributed by atoms with Gasteiger partial charge in [-0.25, -0.2) is 0 Å². The fourth-order valence-electron chi connectivity index (χ4n) is 6.12. The van der Waals surface area contributed by atoms with Gasteiger partial charge in [0.05, 0.1) is 24.7 Å². The van der Waals surface area contributed by atoms with Crippen LogP contribution < -0.4 is 0 Å². The van der Waals surface area contributed by atoms with Crippen LogP contribution in [0.25, 0.3) is 0 Å². The zero-order chi connectivity index (χ0) is 16.2. The minimum atomic E-state index is -0.608. The maximum Gasteiger partial charge on any atom is 0.309 e. The normalized spacial score (nSPS) is 46.6. The van der Waals surface area contributed by atoms with E-state index < -0.39 is 11.4 Å². The first kappa shape index (κ1) is 15.6. The third-order valence-corrected chi connectivity index (χ3v) is 7.27. The number of hydrogen-bond donors (Lipinski definition) is 1. The van der Waals surface area contributed by atoms with Gasteiger partial charge in [0.15, 0.2) is 0 Å². The number of fused-ring (bicyclic) bond motifs is 4. The van der Waals surface area contributed by atoms with Crippen molar-refractivity contribution in [3.8, 4) is 0 Å². The second kappa shape index (κ2) is 5.32. The van der Waals surface area contributed by atoms with Crippen LogP contribution in [0.15, 0.2) is 11.1 Å². The maximum atomic E-state index is 12.0. The molecule has 0 aromatic heterocycles. The van der Waals surface area contributed by atoms with Crippen LogP contribution in [-0.4, -0.2) is 36.5 Å². The molecule has 4 rings (SSSR count). The highest BCUT2D eigenvalue weighted by Gasteiger charge is 2.57. The van der Waals surface area contributed by atoms with Crippen LogP contribution in [0.4, 0.5) is 0 Å². The molecule has 3 aliphatic carbocycles. The second-order valence-corrected chi connectivity index (χ2v) is 8.33. The van der Waals surface area contributed by atoms with Crippen molar-refractivity contribution in [1.82, 2.24) is 0 Å². The van der Waals surface area contributed by atoms with Crippen LogP contribution in [-0.2, 0) is 14.3 Å². The maximum absolute atomic E-state index is 12.0. The molecule has 5 unspecified atom stereocenters. The minimum Gasteiger partial charge on any atom is -0.481 e. The van der Waals surface area contributed by atoms with E-state index in [4.69, 9.17) is 9.47 Å². The molecule has 1 heterocycles. The number of aliphatic carboxylic acids is 1. The summed E-state index contributed by atoms with van der Waals surface area (Å²) in [5, 5.41) is 9.87. The Morgan fingerprint density at radius 2 is 1.91 bits per heavy atom. The van der Waals surface area contributed by atoms with Gasteiger partial charge in [0, 0.05) is 0 Å². The van der Waals surface area contributed by atoms with E-state index in [1.54, 1.807) is 0 Å². The number of allylic oxidation sites excluding steroid dienone is 1. The Morgan fingerprint density at radius 1 is 1.13 bits per heavy atom. The summed E-state index contributed by atoms with van der Waals surface area (Å²) in [5.41, 5.74) is 2.43. The Balaban J connectivity index is 1.74. The van der Waals surface area contributed by atoms with Gasteiger partial charge < -0.3 is 14.6 Å². The molecule has 0 aromatic carbocycles. The number of carboxylic acids is 1. The van der Waals surface area contributed by atoms with Crippen molar-refractivity contribution < 1.29 is 19.4 Å². The quantitative estimate of drug-likeness (QED) is 0.751. The molecule has 0 spiro atoms. The molecular weight excluding hydrogens is 292 g/mol. The van der Waals surface area contributed by atoms with Gasteiger partial charge in [0.2, 0.25) is 0 Å². The molecule has 1 N–H and O–H groups in total. The lowest BCUT2D eigenvalue weighted by Gasteiger charge is -2.57. The second-order valence-electron chi connectivity index (χ2n) is 8.33. The van der Waals surface area contributed by atoms with Crippen LogP contribution >= 0.6 is 0 Å².